The van der Waals surface area contributed by atoms with Crippen LogP contribution in [0.1, 0.15) is 16.1 Å². The predicted octanol–water partition coefficient (Wildman–Crippen LogP) is 1.61. The zero-order valence-electron chi connectivity index (χ0n) is 6.86. The number of carbonyl (C=O) groups excluding carboxylic acids is 1. The Morgan fingerprint density at radius 1 is 1.62 bits per heavy atom. The summed E-state index contributed by atoms with van der Waals surface area (Å²) >= 11 is 3.26. The number of aromatic nitrogens is 3. The number of fused-ring (bicyclic) bond motifs is 1. The van der Waals surface area contributed by atoms with Gasteiger partial charge in [0.15, 0.2) is 11.9 Å². The molecular formula is C8H6BrN3O. The molecule has 0 bridgehead atoms. The van der Waals surface area contributed by atoms with Crippen LogP contribution in [0.2, 0.25) is 0 Å². The summed E-state index contributed by atoms with van der Waals surface area (Å²) in [5.41, 5.74) is 2.03. The lowest BCUT2D eigenvalue weighted by Crippen LogP contribution is -1.90. The first-order valence-corrected chi connectivity index (χ1v) is 4.47. The van der Waals surface area contributed by atoms with Crippen LogP contribution >= 0.6 is 15.9 Å². The number of hydrogen-bond donors (Lipinski definition) is 0. The summed E-state index contributed by atoms with van der Waals surface area (Å²) in [6, 6.07) is 0. The Morgan fingerprint density at radius 2 is 2.38 bits per heavy atom. The van der Waals surface area contributed by atoms with E-state index in [0.717, 1.165) is 5.56 Å². The van der Waals surface area contributed by atoms with E-state index in [9.17, 15) is 4.79 Å². The summed E-state index contributed by atoms with van der Waals surface area (Å²) in [6.45, 7) is 1.92. The first-order valence-electron chi connectivity index (χ1n) is 3.68. The van der Waals surface area contributed by atoms with Crippen molar-refractivity contribution in [2.45, 2.75) is 6.92 Å². The van der Waals surface area contributed by atoms with Crippen molar-refractivity contribution in [2.24, 2.45) is 0 Å². The Labute approximate surface area is 82.7 Å². The average molecular weight is 240 g/mol. The normalized spacial score (nSPS) is 10.6. The van der Waals surface area contributed by atoms with Crippen molar-refractivity contribution in [2.75, 3.05) is 0 Å². The Morgan fingerprint density at radius 3 is 3.08 bits per heavy atom. The third kappa shape index (κ3) is 1.25. The monoisotopic (exact) mass is 239 g/mol. The van der Waals surface area contributed by atoms with Crippen LogP contribution in [-0.2, 0) is 0 Å². The van der Waals surface area contributed by atoms with Crippen molar-refractivity contribution in [3.63, 3.8) is 0 Å². The van der Waals surface area contributed by atoms with Gasteiger partial charge in [0.2, 0.25) is 0 Å². The molecule has 0 spiro atoms. The van der Waals surface area contributed by atoms with E-state index in [-0.39, 0.29) is 0 Å². The van der Waals surface area contributed by atoms with Gasteiger partial charge in [0, 0.05) is 12.4 Å². The first-order chi connectivity index (χ1) is 6.22. The fourth-order valence-electron chi connectivity index (χ4n) is 1.09. The maximum Gasteiger partial charge on any atom is 0.171 e. The fourth-order valence-corrected chi connectivity index (χ4v) is 1.55. The Bertz CT molecular complexity index is 477. The average Bonchev–Trinajstić information content (AvgIpc) is 2.42. The zero-order valence-corrected chi connectivity index (χ0v) is 8.45. The molecular weight excluding hydrogens is 234 g/mol. The van der Waals surface area contributed by atoms with Crippen molar-refractivity contribution in [3.8, 4) is 0 Å². The lowest BCUT2D eigenvalue weighted by molar-refractivity contribution is 0.111. The second-order valence-electron chi connectivity index (χ2n) is 2.72. The Kier molecular flexibility index (Phi) is 1.88. The van der Waals surface area contributed by atoms with E-state index in [1.165, 1.54) is 0 Å². The van der Waals surface area contributed by atoms with Gasteiger partial charge in [0.25, 0.3) is 0 Å². The minimum absolute atomic E-state index is 0.373. The van der Waals surface area contributed by atoms with Crippen LogP contribution in [0.4, 0.5) is 0 Å². The van der Waals surface area contributed by atoms with Crippen LogP contribution in [0.25, 0.3) is 5.65 Å². The van der Waals surface area contributed by atoms with Gasteiger partial charge < -0.3 is 0 Å². The molecule has 0 saturated carbocycles. The molecule has 4 nitrogen and oxygen atoms in total. The third-order valence-electron chi connectivity index (χ3n) is 1.68. The number of nitrogens with zero attached hydrogens (tertiary/aromatic N) is 3. The fraction of sp³-hybridized carbons (Fsp3) is 0.125. The van der Waals surface area contributed by atoms with Gasteiger partial charge in [-0.3, -0.25) is 4.79 Å². The molecule has 0 aliphatic rings. The number of aldehydes is 1. The van der Waals surface area contributed by atoms with Crippen molar-refractivity contribution in [3.05, 3.63) is 28.1 Å². The van der Waals surface area contributed by atoms with E-state index in [4.69, 9.17) is 0 Å². The molecule has 5 heteroatoms. The highest BCUT2D eigenvalue weighted by molar-refractivity contribution is 9.10. The topological polar surface area (TPSA) is 47.3 Å². The molecule has 13 heavy (non-hydrogen) atoms. The van der Waals surface area contributed by atoms with E-state index in [0.29, 0.717) is 22.1 Å². The molecule has 0 aromatic carbocycles. The van der Waals surface area contributed by atoms with Gasteiger partial charge in [0.1, 0.15) is 5.69 Å². The van der Waals surface area contributed by atoms with Gasteiger partial charge in [-0.1, -0.05) is 0 Å². The van der Waals surface area contributed by atoms with Gasteiger partial charge in [-0.2, -0.15) is 5.10 Å². The van der Waals surface area contributed by atoms with Crippen LogP contribution in [0.3, 0.4) is 0 Å². The van der Waals surface area contributed by atoms with E-state index in [2.05, 4.69) is 26.0 Å². The van der Waals surface area contributed by atoms with Crippen LogP contribution in [0.5, 0.6) is 0 Å². The molecule has 2 rings (SSSR count). The van der Waals surface area contributed by atoms with Crippen LogP contribution in [-0.4, -0.2) is 20.9 Å². The number of hydrogen-bond acceptors (Lipinski definition) is 3. The van der Waals surface area contributed by atoms with E-state index in [1.54, 1.807) is 10.7 Å². The molecule has 0 atom stereocenters. The Balaban J connectivity index is 2.83. The van der Waals surface area contributed by atoms with Crippen molar-refractivity contribution in [1.29, 1.82) is 0 Å². The third-order valence-corrected chi connectivity index (χ3v) is 2.44. The van der Waals surface area contributed by atoms with Crippen LogP contribution in [0.15, 0.2) is 16.9 Å². The molecule has 0 radical (unpaired) electrons. The SMILES string of the molecule is Cc1cnc2c(Br)c(C=O)nn2c1. The van der Waals surface area contributed by atoms with E-state index < -0.39 is 0 Å². The van der Waals surface area contributed by atoms with Gasteiger partial charge >= 0.3 is 0 Å². The Hall–Kier alpha value is -1.23. The van der Waals surface area contributed by atoms with Crippen LogP contribution in [0, 0.1) is 6.92 Å². The molecule has 2 aromatic rings. The predicted molar refractivity (Wildman–Crippen MR) is 50.8 cm³/mol. The number of rotatable bonds is 1. The summed E-state index contributed by atoms with van der Waals surface area (Å²) in [6.07, 6.45) is 4.25. The highest BCUT2D eigenvalue weighted by atomic mass is 79.9. The summed E-state index contributed by atoms with van der Waals surface area (Å²) in [5, 5.41) is 4.03. The summed E-state index contributed by atoms with van der Waals surface area (Å²) < 4.78 is 2.23. The molecule has 0 aliphatic carbocycles. The minimum Gasteiger partial charge on any atom is -0.296 e. The molecule has 0 fully saturated rings. The van der Waals surface area contributed by atoms with Crippen LogP contribution < -0.4 is 0 Å². The largest absolute Gasteiger partial charge is 0.296 e. The minimum atomic E-state index is 0.373. The standard InChI is InChI=1S/C8H6BrN3O/c1-5-2-10-8-7(9)6(4-13)11-12(8)3-5/h2-4H,1H3. The molecule has 2 aromatic heterocycles. The number of aryl methyl sites for hydroxylation is 1. The van der Waals surface area contributed by atoms with Gasteiger partial charge in [-0.15, -0.1) is 0 Å². The van der Waals surface area contributed by atoms with Gasteiger partial charge in [0.05, 0.1) is 4.47 Å². The molecule has 2 heterocycles. The quantitative estimate of drug-likeness (QED) is 0.711. The summed E-state index contributed by atoms with van der Waals surface area (Å²) in [7, 11) is 0. The van der Waals surface area contributed by atoms with E-state index in [1.807, 2.05) is 13.1 Å². The summed E-state index contributed by atoms with van der Waals surface area (Å²) in [5.74, 6) is 0. The van der Waals surface area contributed by atoms with Gasteiger partial charge in [-0.25, -0.2) is 9.50 Å². The van der Waals surface area contributed by atoms with E-state index >= 15 is 0 Å². The maximum absolute atomic E-state index is 10.5. The molecule has 0 N–H and O–H groups in total. The highest BCUT2D eigenvalue weighted by Crippen LogP contribution is 2.19. The first kappa shape index (κ1) is 8.37. The smallest absolute Gasteiger partial charge is 0.171 e. The molecule has 0 unspecified atom stereocenters. The van der Waals surface area contributed by atoms with Crippen molar-refractivity contribution in [1.82, 2.24) is 14.6 Å². The second-order valence-corrected chi connectivity index (χ2v) is 3.51. The molecule has 66 valence electrons. The molecule has 0 aliphatic heterocycles. The summed E-state index contributed by atoms with van der Waals surface area (Å²) in [4.78, 5) is 14.7. The number of halogens is 1. The maximum atomic E-state index is 10.5. The second kappa shape index (κ2) is 2.92. The highest BCUT2D eigenvalue weighted by Gasteiger charge is 2.09. The molecule has 0 saturated heterocycles. The lowest BCUT2D eigenvalue weighted by Gasteiger charge is -1.92. The molecule has 0 amide bonds. The van der Waals surface area contributed by atoms with Crippen molar-refractivity contribution >= 4 is 27.9 Å². The van der Waals surface area contributed by atoms with Gasteiger partial charge in [-0.05, 0) is 28.4 Å². The lowest BCUT2D eigenvalue weighted by atomic mass is 10.4. The zero-order chi connectivity index (χ0) is 9.42. The van der Waals surface area contributed by atoms with Crippen molar-refractivity contribution < 1.29 is 4.79 Å². The number of carbonyl (C=O) groups is 1.